The zero-order valence-electron chi connectivity index (χ0n) is 23.4. The third-order valence-electron chi connectivity index (χ3n) is 9.00. The predicted molar refractivity (Wildman–Crippen MR) is 150 cm³/mol. The Morgan fingerprint density at radius 3 is 2.51 bits per heavy atom. The molecule has 2 aliphatic rings. The van der Waals surface area contributed by atoms with Crippen molar-refractivity contribution in [2.75, 3.05) is 0 Å². The molecule has 0 aromatic carbocycles. The third-order valence-corrected chi connectivity index (χ3v) is 14.4. The molecule has 4 heteroatoms. The van der Waals surface area contributed by atoms with Gasteiger partial charge in [-0.05, 0) is 70.3 Å². The minimum absolute atomic E-state index is 0.162. The molecule has 0 radical (unpaired) electrons. The van der Waals surface area contributed by atoms with E-state index in [0.29, 0.717) is 5.41 Å². The summed E-state index contributed by atoms with van der Waals surface area (Å²) in [7, 11) is -1.56. The predicted octanol–water partition coefficient (Wildman–Crippen LogP) is 8.94. The van der Waals surface area contributed by atoms with Gasteiger partial charge in [0.05, 0.1) is 11.6 Å². The van der Waals surface area contributed by atoms with Gasteiger partial charge in [-0.15, -0.1) is 0 Å². The van der Waals surface area contributed by atoms with Gasteiger partial charge in [-0.2, -0.15) is 0 Å². The lowest BCUT2D eigenvalue weighted by Gasteiger charge is -2.35. The maximum Gasteiger partial charge on any atom is 0.334 e. The summed E-state index contributed by atoms with van der Waals surface area (Å²) in [6.07, 6.45) is 14.6. The fourth-order valence-corrected chi connectivity index (χ4v) is 9.52. The molecule has 2 heterocycles. The van der Waals surface area contributed by atoms with E-state index in [0.717, 1.165) is 42.2 Å². The molecule has 1 aromatic heterocycles. The molecule has 1 atom stereocenters. The molecule has 3 nitrogen and oxygen atoms in total. The lowest BCUT2D eigenvalue weighted by atomic mass is 9.71. The second-order valence-electron chi connectivity index (χ2n) is 11.5. The van der Waals surface area contributed by atoms with Crippen LogP contribution in [0.25, 0.3) is 0 Å². The van der Waals surface area contributed by atoms with Crippen LogP contribution in [0.1, 0.15) is 112 Å². The first-order chi connectivity index (χ1) is 16.7. The fourth-order valence-electron chi connectivity index (χ4n) is 6.19. The van der Waals surface area contributed by atoms with E-state index < -0.39 is 8.07 Å². The molecule has 194 valence electrons. The summed E-state index contributed by atoms with van der Waals surface area (Å²) < 4.78 is 11.9. The summed E-state index contributed by atoms with van der Waals surface area (Å²) in [5.74, 6) is -0.162. The summed E-state index contributed by atoms with van der Waals surface area (Å²) in [5.41, 5.74) is 6.88. The van der Waals surface area contributed by atoms with E-state index in [9.17, 15) is 4.79 Å². The number of esters is 1. The maximum atomic E-state index is 12.7. The second-order valence-corrected chi connectivity index (χ2v) is 16.7. The number of rotatable bonds is 11. The minimum atomic E-state index is -1.56. The lowest BCUT2D eigenvalue weighted by Crippen LogP contribution is -2.44. The number of hydrogen-bond donors (Lipinski definition) is 0. The Balaban J connectivity index is 1.54. The van der Waals surface area contributed by atoms with Gasteiger partial charge in [-0.25, -0.2) is 4.79 Å². The van der Waals surface area contributed by atoms with E-state index in [-0.39, 0.29) is 12.1 Å². The monoisotopic (exact) mass is 496 g/mol. The van der Waals surface area contributed by atoms with E-state index in [1.165, 1.54) is 49.4 Å². The summed E-state index contributed by atoms with van der Waals surface area (Å²) in [4.78, 5) is 12.7. The highest BCUT2D eigenvalue weighted by Crippen LogP contribution is 2.42. The van der Waals surface area contributed by atoms with Crippen LogP contribution in [-0.2, 0) is 9.53 Å². The molecular weight excluding hydrogens is 448 g/mol. The average Bonchev–Trinajstić information content (AvgIpc) is 3.32. The topological polar surface area (TPSA) is 39.4 Å². The van der Waals surface area contributed by atoms with Crippen molar-refractivity contribution in [2.24, 2.45) is 5.41 Å². The molecule has 0 spiro atoms. The Hall–Kier alpha value is -1.81. The summed E-state index contributed by atoms with van der Waals surface area (Å²) in [6.45, 7) is 16.2. The van der Waals surface area contributed by atoms with Gasteiger partial charge in [0.1, 0.15) is 14.2 Å². The Kier molecular flexibility index (Phi) is 9.48. The molecule has 0 fully saturated rings. The molecule has 0 amide bonds. The highest BCUT2D eigenvalue weighted by Gasteiger charge is 2.34. The molecule has 1 unspecified atom stereocenters. The maximum absolute atomic E-state index is 12.7. The van der Waals surface area contributed by atoms with Gasteiger partial charge in [-0.1, -0.05) is 81.6 Å². The molecule has 1 aromatic rings. The SMILES string of the molecule is CC[Si](CC)(CC)c1cc(C2CC=C(CC/C=C(\C)CCC3=C(C)CCCC3(C)C)C(=O)O2)co1. The van der Waals surface area contributed by atoms with Crippen molar-refractivity contribution in [3.05, 3.63) is 52.3 Å². The van der Waals surface area contributed by atoms with Crippen LogP contribution in [0.4, 0.5) is 0 Å². The molecule has 1 aliphatic carbocycles. The Morgan fingerprint density at radius 1 is 1.17 bits per heavy atom. The third kappa shape index (κ3) is 6.50. The van der Waals surface area contributed by atoms with E-state index in [1.807, 2.05) is 6.26 Å². The number of allylic oxidation sites excluding steroid dienone is 4. The molecule has 3 rings (SSSR count). The van der Waals surface area contributed by atoms with Crippen LogP contribution in [0.5, 0.6) is 0 Å². The highest BCUT2D eigenvalue weighted by molar-refractivity contribution is 6.90. The van der Waals surface area contributed by atoms with Crippen molar-refractivity contribution >= 4 is 19.4 Å². The van der Waals surface area contributed by atoms with Crippen molar-refractivity contribution in [3.8, 4) is 0 Å². The van der Waals surface area contributed by atoms with E-state index in [2.05, 4.69) is 66.7 Å². The van der Waals surface area contributed by atoms with Gasteiger partial charge >= 0.3 is 5.97 Å². The fraction of sp³-hybridized carbons (Fsp3) is 0.645. The zero-order chi connectivity index (χ0) is 25.6. The minimum Gasteiger partial charge on any atom is -0.474 e. The molecular formula is C31H48O3Si. The van der Waals surface area contributed by atoms with Gasteiger partial charge < -0.3 is 9.15 Å². The van der Waals surface area contributed by atoms with Crippen LogP contribution < -0.4 is 5.38 Å². The smallest absolute Gasteiger partial charge is 0.334 e. The summed E-state index contributed by atoms with van der Waals surface area (Å²) in [5, 5.41) is 1.16. The molecule has 1 aliphatic heterocycles. The largest absolute Gasteiger partial charge is 0.474 e. The van der Waals surface area contributed by atoms with Crippen LogP contribution in [0.15, 0.2) is 51.2 Å². The molecule has 0 saturated carbocycles. The molecule has 0 N–H and O–H groups in total. The van der Waals surface area contributed by atoms with Crippen LogP contribution in [-0.4, -0.2) is 14.0 Å². The Morgan fingerprint density at radius 2 is 1.89 bits per heavy atom. The average molecular weight is 497 g/mol. The summed E-state index contributed by atoms with van der Waals surface area (Å²) >= 11 is 0. The Labute approximate surface area is 215 Å². The second kappa shape index (κ2) is 11.9. The van der Waals surface area contributed by atoms with Gasteiger partial charge in [-0.3, -0.25) is 0 Å². The normalized spacial score (nSPS) is 21.2. The molecule has 35 heavy (non-hydrogen) atoms. The lowest BCUT2D eigenvalue weighted by molar-refractivity contribution is -0.146. The van der Waals surface area contributed by atoms with Crippen LogP contribution in [0, 0.1) is 5.41 Å². The number of ether oxygens (including phenoxy) is 1. The van der Waals surface area contributed by atoms with Crippen LogP contribution in [0.2, 0.25) is 18.1 Å². The van der Waals surface area contributed by atoms with E-state index in [4.69, 9.17) is 9.15 Å². The number of carbonyl (C=O) groups excluding carboxylic acids is 1. The molecule has 0 saturated heterocycles. The number of hydrogen-bond acceptors (Lipinski definition) is 3. The molecule has 0 bridgehead atoms. The number of carbonyl (C=O) groups is 1. The number of cyclic esters (lactones) is 1. The van der Waals surface area contributed by atoms with Crippen molar-refractivity contribution in [1.82, 2.24) is 0 Å². The van der Waals surface area contributed by atoms with Gasteiger partial charge in [0.25, 0.3) is 0 Å². The first-order valence-electron chi connectivity index (χ1n) is 14.0. The number of furan rings is 1. The highest BCUT2D eigenvalue weighted by atomic mass is 28.3. The van der Waals surface area contributed by atoms with Gasteiger partial charge in [0.15, 0.2) is 0 Å². The van der Waals surface area contributed by atoms with Crippen molar-refractivity contribution in [2.45, 2.75) is 124 Å². The van der Waals surface area contributed by atoms with Gasteiger partial charge in [0, 0.05) is 17.6 Å². The van der Waals surface area contributed by atoms with Crippen molar-refractivity contribution in [1.29, 1.82) is 0 Å². The van der Waals surface area contributed by atoms with Crippen molar-refractivity contribution in [3.63, 3.8) is 0 Å². The van der Waals surface area contributed by atoms with E-state index >= 15 is 0 Å². The van der Waals surface area contributed by atoms with Crippen LogP contribution in [0.3, 0.4) is 0 Å². The quantitative estimate of drug-likeness (QED) is 0.174. The van der Waals surface area contributed by atoms with Gasteiger partial charge in [0.2, 0.25) is 0 Å². The van der Waals surface area contributed by atoms with E-state index in [1.54, 1.807) is 11.1 Å². The summed E-state index contributed by atoms with van der Waals surface area (Å²) in [6, 6.07) is 5.73. The standard InChI is InChI=1S/C31H48O3Si/c1-8-35(9-2,10-3)29-21-26(22-33-29)28-19-17-25(30(32)34-28)15-11-13-23(4)16-18-27-24(5)14-12-20-31(27,6)7/h13,17,21-22,28H,8-12,14-16,18-20H2,1-7H3/b23-13+. The Bertz CT molecular complexity index is 963. The first kappa shape index (κ1) is 27.8. The van der Waals surface area contributed by atoms with Crippen LogP contribution >= 0.6 is 0 Å². The zero-order valence-corrected chi connectivity index (χ0v) is 24.4. The first-order valence-corrected chi connectivity index (χ1v) is 16.6. The van der Waals surface area contributed by atoms with Crippen molar-refractivity contribution < 1.29 is 13.9 Å².